The van der Waals surface area contributed by atoms with Crippen LogP contribution in [-0.4, -0.2) is 31.4 Å². The summed E-state index contributed by atoms with van der Waals surface area (Å²) in [6.07, 6.45) is -0.734. The Bertz CT molecular complexity index is 488. The van der Waals surface area contributed by atoms with Crippen LogP contribution < -0.4 is 5.32 Å². The first-order valence-corrected chi connectivity index (χ1v) is 6.67. The molecule has 0 aromatic heterocycles. The van der Waals surface area contributed by atoms with E-state index in [1.165, 1.54) is 0 Å². The monoisotopic (exact) mass is 308 g/mol. The second kappa shape index (κ2) is 9.38. The summed E-state index contributed by atoms with van der Waals surface area (Å²) in [5.74, 6) is -0.945. The molecule has 0 bridgehead atoms. The van der Waals surface area contributed by atoms with E-state index in [2.05, 4.69) is 14.8 Å². The minimum Gasteiger partial charge on any atom is -0.445 e. The van der Waals surface area contributed by atoms with Gasteiger partial charge in [-0.25, -0.2) is 14.4 Å². The molecular formula is C15H18NO6. The van der Waals surface area contributed by atoms with Gasteiger partial charge in [0.05, 0.1) is 0 Å². The van der Waals surface area contributed by atoms with Crippen LogP contribution in [0.25, 0.3) is 0 Å². The highest BCUT2D eigenvalue weighted by atomic mass is 16.7. The van der Waals surface area contributed by atoms with E-state index < -0.39 is 24.9 Å². The average Bonchev–Trinajstić information content (AvgIpc) is 2.51. The van der Waals surface area contributed by atoms with Gasteiger partial charge < -0.3 is 19.5 Å². The number of alkyl carbamates (subject to hydrolysis) is 1. The number of carbonyl (C=O) groups excluding carboxylic acids is 3. The first-order chi connectivity index (χ1) is 10.5. The van der Waals surface area contributed by atoms with E-state index >= 15 is 0 Å². The molecule has 1 rings (SSSR count). The molecule has 0 fully saturated rings. The standard InChI is InChI=1S/C15H18NO6/c1-11(2)13(14(18)22-10-20-9-17)16-15(19)21-8-12-6-4-3-5-7-12/h3-7,11,13H,8,10H2,1-2H3,(H,16,19)/t13-/m0/s1. The first kappa shape index (κ1) is 17.5. The highest BCUT2D eigenvalue weighted by Gasteiger charge is 2.26. The van der Waals surface area contributed by atoms with E-state index in [0.29, 0.717) is 0 Å². The molecule has 0 aliphatic carbocycles. The lowest BCUT2D eigenvalue weighted by molar-refractivity contribution is -0.154. The zero-order valence-electron chi connectivity index (χ0n) is 12.4. The normalized spacial score (nSPS) is 11.4. The van der Waals surface area contributed by atoms with Gasteiger partial charge in [0.25, 0.3) is 0 Å². The Balaban J connectivity index is 2.46. The van der Waals surface area contributed by atoms with E-state index in [-0.39, 0.29) is 12.5 Å². The predicted octanol–water partition coefficient (Wildman–Crippen LogP) is 1.52. The van der Waals surface area contributed by atoms with Gasteiger partial charge in [-0.3, -0.25) is 0 Å². The van der Waals surface area contributed by atoms with Crippen LogP contribution in [0.4, 0.5) is 4.79 Å². The molecule has 0 saturated carbocycles. The van der Waals surface area contributed by atoms with Gasteiger partial charge in [-0.05, 0) is 11.5 Å². The Labute approximate surface area is 128 Å². The van der Waals surface area contributed by atoms with Gasteiger partial charge in [0.1, 0.15) is 12.6 Å². The zero-order valence-corrected chi connectivity index (χ0v) is 12.4. The Kier molecular flexibility index (Phi) is 7.45. The number of amides is 1. The van der Waals surface area contributed by atoms with Crippen molar-refractivity contribution in [3.05, 3.63) is 35.9 Å². The summed E-state index contributed by atoms with van der Waals surface area (Å²) in [4.78, 5) is 33.4. The lowest BCUT2D eigenvalue weighted by Crippen LogP contribution is -2.45. The van der Waals surface area contributed by atoms with Crippen molar-refractivity contribution in [1.82, 2.24) is 5.32 Å². The fourth-order valence-electron chi connectivity index (χ4n) is 1.59. The third-order valence-corrected chi connectivity index (χ3v) is 2.73. The minimum atomic E-state index is -0.904. The van der Waals surface area contributed by atoms with Gasteiger partial charge in [-0.15, -0.1) is 0 Å². The average molecular weight is 308 g/mol. The molecule has 1 aromatic rings. The van der Waals surface area contributed by atoms with E-state index in [4.69, 9.17) is 4.74 Å². The molecule has 1 aromatic carbocycles. The molecule has 1 radical (unpaired) electrons. The van der Waals surface area contributed by atoms with Crippen LogP contribution in [0.3, 0.4) is 0 Å². The molecule has 0 heterocycles. The summed E-state index contributed by atoms with van der Waals surface area (Å²) in [6.45, 7) is 4.14. The molecule has 0 aliphatic rings. The SMILES string of the molecule is CC(C)[C@H](NC(=O)OCc1ccccc1)C(=O)OCO[C]=O. The number of hydrogen-bond acceptors (Lipinski definition) is 6. The number of benzene rings is 1. The lowest BCUT2D eigenvalue weighted by atomic mass is 10.1. The highest BCUT2D eigenvalue weighted by Crippen LogP contribution is 2.06. The maximum Gasteiger partial charge on any atom is 0.420 e. The van der Waals surface area contributed by atoms with Crippen molar-refractivity contribution in [2.75, 3.05) is 6.79 Å². The van der Waals surface area contributed by atoms with Crippen molar-refractivity contribution in [3.8, 4) is 0 Å². The molecule has 119 valence electrons. The second-order valence-corrected chi connectivity index (χ2v) is 4.74. The summed E-state index contributed by atoms with van der Waals surface area (Å²) < 4.78 is 13.9. The first-order valence-electron chi connectivity index (χ1n) is 6.67. The maximum atomic E-state index is 11.8. The molecule has 0 aliphatic heterocycles. The van der Waals surface area contributed by atoms with Crippen molar-refractivity contribution in [2.45, 2.75) is 26.5 Å². The molecule has 22 heavy (non-hydrogen) atoms. The Hall–Kier alpha value is -2.57. The van der Waals surface area contributed by atoms with Gasteiger partial charge in [0.2, 0.25) is 6.79 Å². The van der Waals surface area contributed by atoms with Crippen molar-refractivity contribution in [1.29, 1.82) is 0 Å². The maximum absolute atomic E-state index is 11.8. The summed E-state index contributed by atoms with van der Waals surface area (Å²) in [5, 5.41) is 2.42. The Morgan fingerprint density at radius 2 is 1.86 bits per heavy atom. The number of esters is 1. The summed E-state index contributed by atoms with van der Waals surface area (Å²) in [6, 6.07) is 8.24. The minimum absolute atomic E-state index is 0.0930. The topological polar surface area (TPSA) is 90.9 Å². The van der Waals surface area contributed by atoms with Crippen LogP contribution in [0, 0.1) is 5.92 Å². The largest absolute Gasteiger partial charge is 0.445 e. The van der Waals surface area contributed by atoms with Gasteiger partial charge in [0.15, 0.2) is 0 Å². The quantitative estimate of drug-likeness (QED) is 0.445. The van der Waals surface area contributed by atoms with Gasteiger partial charge in [-0.1, -0.05) is 44.2 Å². The van der Waals surface area contributed by atoms with E-state index in [1.54, 1.807) is 13.8 Å². The highest BCUT2D eigenvalue weighted by molar-refractivity contribution is 5.81. The third-order valence-electron chi connectivity index (χ3n) is 2.73. The van der Waals surface area contributed by atoms with Gasteiger partial charge >= 0.3 is 18.5 Å². The number of ether oxygens (including phenoxy) is 3. The second-order valence-electron chi connectivity index (χ2n) is 4.74. The van der Waals surface area contributed by atoms with E-state index in [0.717, 1.165) is 12.0 Å². The van der Waals surface area contributed by atoms with Crippen LogP contribution in [0.5, 0.6) is 0 Å². The van der Waals surface area contributed by atoms with Crippen LogP contribution in [0.15, 0.2) is 30.3 Å². The van der Waals surface area contributed by atoms with Crippen molar-refractivity contribution >= 4 is 18.5 Å². The van der Waals surface area contributed by atoms with Crippen LogP contribution in [0.1, 0.15) is 19.4 Å². The molecule has 1 atom stereocenters. The molecule has 7 nitrogen and oxygen atoms in total. The Morgan fingerprint density at radius 1 is 1.18 bits per heavy atom. The fourth-order valence-corrected chi connectivity index (χ4v) is 1.59. The lowest BCUT2D eigenvalue weighted by Gasteiger charge is -2.20. The molecular weight excluding hydrogens is 290 g/mol. The number of carbonyl (C=O) groups is 2. The molecule has 0 saturated heterocycles. The van der Waals surface area contributed by atoms with Crippen molar-refractivity contribution in [2.24, 2.45) is 5.92 Å². The Morgan fingerprint density at radius 3 is 2.45 bits per heavy atom. The van der Waals surface area contributed by atoms with Crippen LogP contribution in [-0.2, 0) is 30.4 Å². The fraction of sp³-hybridized carbons (Fsp3) is 0.400. The molecule has 0 spiro atoms. The molecule has 1 amide bonds. The predicted molar refractivity (Wildman–Crippen MR) is 76.1 cm³/mol. The summed E-state index contributed by atoms with van der Waals surface area (Å²) in [7, 11) is 0. The molecule has 1 N–H and O–H groups in total. The number of rotatable bonds is 8. The third kappa shape index (κ3) is 6.25. The van der Waals surface area contributed by atoms with Crippen molar-refractivity contribution in [3.63, 3.8) is 0 Å². The van der Waals surface area contributed by atoms with Gasteiger partial charge in [0, 0.05) is 0 Å². The smallest absolute Gasteiger partial charge is 0.420 e. The van der Waals surface area contributed by atoms with E-state index in [1.807, 2.05) is 30.3 Å². The number of hydrogen-bond donors (Lipinski definition) is 1. The zero-order chi connectivity index (χ0) is 16.4. The van der Waals surface area contributed by atoms with Crippen LogP contribution in [0.2, 0.25) is 0 Å². The summed E-state index contributed by atoms with van der Waals surface area (Å²) >= 11 is 0. The summed E-state index contributed by atoms with van der Waals surface area (Å²) in [5.41, 5.74) is 0.830. The van der Waals surface area contributed by atoms with Crippen molar-refractivity contribution < 1.29 is 28.6 Å². The van der Waals surface area contributed by atoms with Crippen LogP contribution >= 0.6 is 0 Å². The molecule has 7 heteroatoms. The number of nitrogens with one attached hydrogen (secondary N) is 1. The van der Waals surface area contributed by atoms with E-state index in [9.17, 15) is 14.4 Å². The van der Waals surface area contributed by atoms with Gasteiger partial charge in [-0.2, -0.15) is 0 Å². The molecule has 0 unspecified atom stereocenters.